The van der Waals surface area contributed by atoms with Gasteiger partial charge in [-0.1, -0.05) is 11.6 Å². The van der Waals surface area contributed by atoms with Crippen LogP contribution < -0.4 is 5.32 Å². The molecule has 0 bridgehead atoms. The van der Waals surface area contributed by atoms with E-state index in [4.69, 9.17) is 11.6 Å². The van der Waals surface area contributed by atoms with Crippen LogP contribution in [0.15, 0.2) is 47.6 Å². The lowest BCUT2D eigenvalue weighted by molar-refractivity contribution is -0.115. The molecule has 0 aliphatic heterocycles. The highest BCUT2D eigenvalue weighted by Crippen LogP contribution is 2.16. The van der Waals surface area contributed by atoms with E-state index in [1.54, 1.807) is 6.07 Å². The Balaban J connectivity index is 1.95. The van der Waals surface area contributed by atoms with Crippen molar-refractivity contribution in [1.82, 2.24) is 9.97 Å². The molecule has 1 amide bonds. The maximum Gasteiger partial charge on any atom is 0.229 e. The second kappa shape index (κ2) is 6.64. The molecule has 0 aliphatic rings. The molecule has 21 heavy (non-hydrogen) atoms. The van der Waals surface area contributed by atoms with Crippen molar-refractivity contribution in [3.63, 3.8) is 0 Å². The number of sulfone groups is 1. The molecule has 0 fully saturated rings. The highest BCUT2D eigenvalue weighted by molar-refractivity contribution is 7.91. The predicted molar refractivity (Wildman–Crippen MR) is 78.8 cm³/mol. The number of carbonyl (C=O) groups excluding carboxylic acids is 1. The average Bonchev–Trinajstić information content (AvgIpc) is 2.47. The number of nitrogens with zero attached hydrogens (tertiary/aromatic N) is 2. The van der Waals surface area contributed by atoms with Crippen LogP contribution >= 0.6 is 11.6 Å². The lowest BCUT2D eigenvalue weighted by atomic mass is 10.4. The van der Waals surface area contributed by atoms with Crippen molar-refractivity contribution in [2.75, 3.05) is 11.1 Å². The van der Waals surface area contributed by atoms with Gasteiger partial charge in [0.25, 0.3) is 0 Å². The van der Waals surface area contributed by atoms with Gasteiger partial charge in [0, 0.05) is 23.8 Å². The number of amides is 1. The SMILES string of the molecule is O=C(CCS(=O)(=O)c1ccc(Cl)cc1)Nc1ncccn1. The van der Waals surface area contributed by atoms with E-state index in [1.807, 2.05) is 0 Å². The molecule has 6 nitrogen and oxygen atoms in total. The second-order valence-electron chi connectivity index (χ2n) is 4.14. The fourth-order valence-corrected chi connectivity index (χ4v) is 2.90. The molecule has 2 rings (SSSR count). The summed E-state index contributed by atoms with van der Waals surface area (Å²) in [6.45, 7) is 0. The van der Waals surface area contributed by atoms with Crippen LogP contribution in [-0.2, 0) is 14.6 Å². The summed E-state index contributed by atoms with van der Waals surface area (Å²) in [6, 6.07) is 7.42. The van der Waals surface area contributed by atoms with Gasteiger partial charge in [-0.25, -0.2) is 18.4 Å². The highest BCUT2D eigenvalue weighted by atomic mass is 35.5. The molecular formula is C13H12ClN3O3S. The van der Waals surface area contributed by atoms with Crippen LogP contribution in [0.1, 0.15) is 6.42 Å². The van der Waals surface area contributed by atoms with E-state index in [0.29, 0.717) is 5.02 Å². The molecule has 0 aliphatic carbocycles. The summed E-state index contributed by atoms with van der Waals surface area (Å²) in [5.41, 5.74) is 0. The molecule has 0 saturated carbocycles. The average molecular weight is 326 g/mol. The zero-order valence-electron chi connectivity index (χ0n) is 10.9. The normalized spacial score (nSPS) is 11.1. The smallest absolute Gasteiger partial charge is 0.229 e. The van der Waals surface area contributed by atoms with Gasteiger partial charge in [-0.15, -0.1) is 0 Å². The second-order valence-corrected chi connectivity index (χ2v) is 6.69. The summed E-state index contributed by atoms with van der Waals surface area (Å²) in [6.07, 6.45) is 2.78. The third kappa shape index (κ3) is 4.51. The predicted octanol–water partition coefficient (Wildman–Crippen LogP) is 1.93. The number of hydrogen-bond donors (Lipinski definition) is 1. The van der Waals surface area contributed by atoms with E-state index < -0.39 is 15.7 Å². The Morgan fingerprint density at radius 2 is 1.76 bits per heavy atom. The van der Waals surface area contributed by atoms with Crippen molar-refractivity contribution in [1.29, 1.82) is 0 Å². The van der Waals surface area contributed by atoms with Crippen molar-refractivity contribution < 1.29 is 13.2 Å². The van der Waals surface area contributed by atoms with Crippen LogP contribution in [0.3, 0.4) is 0 Å². The largest absolute Gasteiger partial charge is 0.295 e. The maximum absolute atomic E-state index is 12.0. The Kier molecular flexibility index (Phi) is 4.87. The molecule has 1 heterocycles. The van der Waals surface area contributed by atoms with E-state index in [9.17, 15) is 13.2 Å². The van der Waals surface area contributed by atoms with Gasteiger partial charge in [0.05, 0.1) is 10.6 Å². The Bertz CT molecular complexity index is 718. The Morgan fingerprint density at radius 1 is 1.14 bits per heavy atom. The highest BCUT2D eigenvalue weighted by Gasteiger charge is 2.16. The van der Waals surface area contributed by atoms with Crippen molar-refractivity contribution in [2.24, 2.45) is 0 Å². The zero-order chi connectivity index (χ0) is 15.3. The fraction of sp³-hybridized carbons (Fsp3) is 0.154. The number of nitrogens with one attached hydrogen (secondary N) is 1. The molecule has 0 atom stereocenters. The lowest BCUT2D eigenvalue weighted by Gasteiger charge is -2.05. The summed E-state index contributed by atoms with van der Waals surface area (Å²) < 4.78 is 24.1. The van der Waals surface area contributed by atoms with E-state index in [2.05, 4.69) is 15.3 Å². The van der Waals surface area contributed by atoms with E-state index >= 15 is 0 Å². The van der Waals surface area contributed by atoms with Crippen LogP contribution in [0.4, 0.5) is 5.95 Å². The van der Waals surface area contributed by atoms with Gasteiger partial charge in [-0.3, -0.25) is 10.1 Å². The molecule has 8 heteroatoms. The molecule has 0 saturated heterocycles. The zero-order valence-corrected chi connectivity index (χ0v) is 12.4. The van der Waals surface area contributed by atoms with Crippen molar-refractivity contribution in [3.8, 4) is 0 Å². The third-order valence-electron chi connectivity index (χ3n) is 2.59. The Morgan fingerprint density at radius 3 is 2.38 bits per heavy atom. The molecule has 1 N–H and O–H groups in total. The number of anilines is 1. The number of aromatic nitrogens is 2. The number of carbonyl (C=O) groups is 1. The van der Waals surface area contributed by atoms with Gasteiger partial charge < -0.3 is 0 Å². The van der Waals surface area contributed by atoms with E-state index in [0.717, 1.165) is 0 Å². The number of hydrogen-bond acceptors (Lipinski definition) is 5. The Labute approximate surface area is 127 Å². The third-order valence-corrected chi connectivity index (χ3v) is 4.57. The van der Waals surface area contributed by atoms with E-state index in [1.165, 1.54) is 36.7 Å². The standard InChI is InChI=1S/C13H12ClN3O3S/c14-10-2-4-11(5-3-10)21(19,20)9-6-12(18)17-13-15-7-1-8-16-13/h1-5,7-8H,6,9H2,(H,15,16,17,18). The molecule has 0 unspecified atom stereocenters. The molecular weight excluding hydrogens is 314 g/mol. The topological polar surface area (TPSA) is 89.0 Å². The molecule has 0 radical (unpaired) electrons. The quantitative estimate of drug-likeness (QED) is 0.907. The first kappa shape index (κ1) is 15.4. The van der Waals surface area contributed by atoms with Gasteiger partial charge >= 0.3 is 0 Å². The minimum Gasteiger partial charge on any atom is -0.295 e. The summed E-state index contributed by atoms with van der Waals surface area (Å²) in [5, 5.41) is 2.88. The minimum absolute atomic E-state index is 0.135. The van der Waals surface area contributed by atoms with Gasteiger partial charge in [-0.05, 0) is 30.3 Å². The summed E-state index contributed by atoms with van der Waals surface area (Å²) >= 11 is 5.71. The maximum atomic E-state index is 12.0. The number of halogens is 1. The molecule has 110 valence electrons. The monoisotopic (exact) mass is 325 g/mol. The van der Waals surface area contributed by atoms with Crippen molar-refractivity contribution in [3.05, 3.63) is 47.7 Å². The van der Waals surface area contributed by atoms with Crippen LogP contribution in [0, 0.1) is 0 Å². The summed E-state index contributed by atoms with van der Waals surface area (Å²) in [5.74, 6) is -0.613. The summed E-state index contributed by atoms with van der Waals surface area (Å²) in [7, 11) is -3.52. The van der Waals surface area contributed by atoms with Crippen molar-refractivity contribution >= 4 is 33.3 Å². The summed E-state index contributed by atoms with van der Waals surface area (Å²) in [4.78, 5) is 19.5. The molecule has 2 aromatic rings. The van der Waals surface area contributed by atoms with Gasteiger partial charge in [0.1, 0.15) is 0 Å². The van der Waals surface area contributed by atoms with Gasteiger partial charge in [0.2, 0.25) is 11.9 Å². The van der Waals surface area contributed by atoms with Gasteiger partial charge in [-0.2, -0.15) is 0 Å². The molecule has 0 spiro atoms. The fourth-order valence-electron chi connectivity index (χ4n) is 1.54. The first-order chi connectivity index (χ1) is 9.97. The lowest BCUT2D eigenvalue weighted by Crippen LogP contribution is -2.18. The van der Waals surface area contributed by atoms with Crippen LogP contribution in [-0.4, -0.2) is 30.0 Å². The number of benzene rings is 1. The molecule has 1 aromatic carbocycles. The Hall–Kier alpha value is -1.99. The first-order valence-electron chi connectivity index (χ1n) is 6.02. The number of rotatable bonds is 5. The molecule has 1 aromatic heterocycles. The van der Waals surface area contributed by atoms with Crippen LogP contribution in [0.5, 0.6) is 0 Å². The first-order valence-corrected chi connectivity index (χ1v) is 8.05. The van der Waals surface area contributed by atoms with E-state index in [-0.39, 0.29) is 23.0 Å². The minimum atomic E-state index is -3.52. The van der Waals surface area contributed by atoms with Gasteiger partial charge in [0.15, 0.2) is 9.84 Å². The van der Waals surface area contributed by atoms with Crippen LogP contribution in [0.2, 0.25) is 5.02 Å². The van der Waals surface area contributed by atoms with Crippen molar-refractivity contribution in [2.45, 2.75) is 11.3 Å². The van der Waals surface area contributed by atoms with Crippen LogP contribution in [0.25, 0.3) is 0 Å².